The molecule has 106 valence electrons. The van der Waals surface area contributed by atoms with Gasteiger partial charge in [0.1, 0.15) is 0 Å². The highest BCUT2D eigenvalue weighted by Crippen LogP contribution is 2.34. The molecule has 2 aromatic rings. The molecule has 2 heterocycles. The normalized spacial score (nSPS) is 13.2. The molecule has 0 spiro atoms. The molecule has 2 N–H and O–H groups in total. The van der Waals surface area contributed by atoms with Gasteiger partial charge in [-0.1, -0.05) is 51.9 Å². The lowest BCUT2D eigenvalue weighted by molar-refractivity contribution is 0.544. The molecule has 0 aliphatic heterocycles. The first-order valence-electron chi connectivity index (χ1n) is 7.53. The van der Waals surface area contributed by atoms with Crippen molar-refractivity contribution in [1.29, 1.82) is 0 Å². The van der Waals surface area contributed by atoms with Crippen molar-refractivity contribution in [3.63, 3.8) is 0 Å². The van der Waals surface area contributed by atoms with Crippen LogP contribution in [0.25, 0.3) is 9.40 Å². The van der Waals surface area contributed by atoms with E-state index in [2.05, 4.69) is 24.4 Å². The standard InChI is InChI=1S/C16H25NS2/c1-2-3-4-5-6-7-8-9-13(17)15-12-16-14(19-15)10-11-18-16/h10-13H,2-9,17H2,1H3. The summed E-state index contributed by atoms with van der Waals surface area (Å²) in [6.07, 6.45) is 10.7. The molecule has 0 aliphatic carbocycles. The van der Waals surface area contributed by atoms with Crippen LogP contribution < -0.4 is 5.73 Å². The SMILES string of the molecule is CCCCCCCCCC(N)c1cc2sccc2s1. The molecule has 2 rings (SSSR count). The Hall–Kier alpha value is -0.380. The maximum absolute atomic E-state index is 6.30. The number of fused-ring (bicyclic) bond motifs is 1. The second-order valence-electron chi connectivity index (χ2n) is 5.31. The van der Waals surface area contributed by atoms with E-state index in [1.165, 1.54) is 59.2 Å². The monoisotopic (exact) mass is 295 g/mol. The van der Waals surface area contributed by atoms with Crippen LogP contribution >= 0.6 is 22.7 Å². The lowest BCUT2D eigenvalue weighted by Gasteiger charge is -2.08. The first kappa shape index (κ1) is 15.0. The Morgan fingerprint density at radius 3 is 2.53 bits per heavy atom. The number of hydrogen-bond donors (Lipinski definition) is 1. The molecule has 1 nitrogen and oxygen atoms in total. The number of nitrogens with two attached hydrogens (primary N) is 1. The van der Waals surface area contributed by atoms with E-state index in [0.29, 0.717) is 0 Å². The third kappa shape index (κ3) is 4.59. The van der Waals surface area contributed by atoms with Crippen LogP contribution in [-0.2, 0) is 0 Å². The molecule has 0 saturated heterocycles. The summed E-state index contributed by atoms with van der Waals surface area (Å²) in [6.45, 7) is 2.27. The van der Waals surface area contributed by atoms with E-state index >= 15 is 0 Å². The van der Waals surface area contributed by atoms with Crippen molar-refractivity contribution >= 4 is 32.1 Å². The second-order valence-corrected chi connectivity index (χ2v) is 7.38. The minimum atomic E-state index is 0.250. The first-order valence-corrected chi connectivity index (χ1v) is 9.23. The van der Waals surface area contributed by atoms with Crippen LogP contribution in [0.3, 0.4) is 0 Å². The van der Waals surface area contributed by atoms with E-state index in [-0.39, 0.29) is 6.04 Å². The van der Waals surface area contributed by atoms with Crippen molar-refractivity contribution in [2.24, 2.45) is 5.73 Å². The highest BCUT2D eigenvalue weighted by Gasteiger charge is 2.10. The Kier molecular flexibility index (Phi) is 6.35. The molecule has 3 heteroatoms. The summed E-state index contributed by atoms with van der Waals surface area (Å²) < 4.78 is 2.80. The van der Waals surface area contributed by atoms with Gasteiger partial charge in [0.25, 0.3) is 0 Å². The van der Waals surface area contributed by atoms with Gasteiger partial charge >= 0.3 is 0 Å². The van der Waals surface area contributed by atoms with Crippen molar-refractivity contribution in [3.8, 4) is 0 Å². The van der Waals surface area contributed by atoms with E-state index < -0.39 is 0 Å². The summed E-state index contributed by atoms with van der Waals surface area (Å²) in [6, 6.07) is 4.74. The molecule has 2 aromatic heterocycles. The Labute approximate surface area is 124 Å². The molecule has 19 heavy (non-hydrogen) atoms. The van der Waals surface area contributed by atoms with Crippen LogP contribution in [0.1, 0.15) is 69.2 Å². The smallest absolute Gasteiger partial charge is 0.0454 e. The molecule has 0 radical (unpaired) electrons. The van der Waals surface area contributed by atoms with E-state index in [9.17, 15) is 0 Å². The van der Waals surface area contributed by atoms with Gasteiger partial charge in [-0.25, -0.2) is 0 Å². The topological polar surface area (TPSA) is 26.0 Å². The first-order chi connectivity index (χ1) is 9.31. The molecule has 0 saturated carbocycles. The predicted octanol–water partition coefficient (Wildman–Crippen LogP) is 6.10. The van der Waals surface area contributed by atoms with Crippen LogP contribution in [0, 0.1) is 0 Å². The molecule has 0 fully saturated rings. The van der Waals surface area contributed by atoms with E-state index in [4.69, 9.17) is 5.73 Å². The molecular formula is C16H25NS2. The average Bonchev–Trinajstić information content (AvgIpc) is 2.98. The zero-order chi connectivity index (χ0) is 13.5. The fourth-order valence-electron chi connectivity index (χ4n) is 2.43. The average molecular weight is 296 g/mol. The van der Waals surface area contributed by atoms with Crippen LogP contribution in [-0.4, -0.2) is 0 Å². The van der Waals surface area contributed by atoms with Crippen molar-refractivity contribution in [3.05, 3.63) is 22.4 Å². The minimum Gasteiger partial charge on any atom is -0.323 e. The quantitative estimate of drug-likeness (QED) is 0.555. The number of hydrogen-bond acceptors (Lipinski definition) is 3. The maximum atomic E-state index is 6.30. The largest absolute Gasteiger partial charge is 0.323 e. The molecule has 1 atom stereocenters. The Morgan fingerprint density at radius 2 is 1.79 bits per heavy atom. The lowest BCUT2D eigenvalue weighted by Crippen LogP contribution is -2.08. The summed E-state index contributed by atoms with van der Waals surface area (Å²) in [5.41, 5.74) is 6.30. The predicted molar refractivity (Wildman–Crippen MR) is 89.2 cm³/mol. The van der Waals surface area contributed by atoms with Crippen LogP contribution in [0.15, 0.2) is 17.5 Å². The molecular weight excluding hydrogens is 270 g/mol. The third-order valence-corrected chi connectivity index (χ3v) is 5.87. The zero-order valence-corrected chi connectivity index (χ0v) is 13.5. The summed E-state index contributed by atoms with van der Waals surface area (Å²) >= 11 is 3.69. The molecule has 0 aliphatic rings. The van der Waals surface area contributed by atoms with Gasteiger partial charge in [0.05, 0.1) is 0 Å². The van der Waals surface area contributed by atoms with Gasteiger partial charge in [-0.15, -0.1) is 22.7 Å². The number of unbranched alkanes of at least 4 members (excludes halogenated alkanes) is 6. The van der Waals surface area contributed by atoms with Gasteiger partial charge in [0.15, 0.2) is 0 Å². The van der Waals surface area contributed by atoms with E-state index in [0.717, 1.165) is 6.42 Å². The van der Waals surface area contributed by atoms with Crippen LogP contribution in [0.2, 0.25) is 0 Å². The molecule has 1 unspecified atom stereocenters. The second kappa shape index (κ2) is 8.03. The Morgan fingerprint density at radius 1 is 1.05 bits per heavy atom. The zero-order valence-electron chi connectivity index (χ0n) is 11.9. The van der Waals surface area contributed by atoms with Gasteiger partial charge in [-0.3, -0.25) is 0 Å². The summed E-state index contributed by atoms with van der Waals surface area (Å²) in [7, 11) is 0. The van der Waals surface area contributed by atoms with Crippen molar-refractivity contribution in [1.82, 2.24) is 0 Å². The summed E-state index contributed by atoms with van der Waals surface area (Å²) in [5.74, 6) is 0. The highest BCUT2D eigenvalue weighted by molar-refractivity contribution is 7.26. The fourth-order valence-corrected chi connectivity index (χ4v) is 4.59. The minimum absolute atomic E-state index is 0.250. The van der Waals surface area contributed by atoms with E-state index in [1.54, 1.807) is 0 Å². The molecule has 0 aromatic carbocycles. The van der Waals surface area contributed by atoms with Crippen LogP contribution in [0.5, 0.6) is 0 Å². The van der Waals surface area contributed by atoms with Gasteiger partial charge in [-0.05, 0) is 23.9 Å². The van der Waals surface area contributed by atoms with Crippen LogP contribution in [0.4, 0.5) is 0 Å². The highest BCUT2D eigenvalue weighted by atomic mass is 32.1. The van der Waals surface area contributed by atoms with Crippen molar-refractivity contribution in [2.75, 3.05) is 0 Å². The summed E-state index contributed by atoms with van der Waals surface area (Å²) in [4.78, 5) is 1.37. The molecule has 0 bridgehead atoms. The molecule has 0 amide bonds. The van der Waals surface area contributed by atoms with Gasteiger partial charge in [-0.2, -0.15) is 0 Å². The fraction of sp³-hybridized carbons (Fsp3) is 0.625. The Bertz CT molecular complexity index is 443. The Balaban J connectivity index is 1.64. The number of thiophene rings is 2. The summed E-state index contributed by atoms with van der Waals surface area (Å²) in [5, 5.41) is 2.16. The maximum Gasteiger partial charge on any atom is 0.0454 e. The van der Waals surface area contributed by atoms with Crippen molar-refractivity contribution in [2.45, 2.75) is 64.3 Å². The van der Waals surface area contributed by atoms with E-state index in [1.807, 2.05) is 22.7 Å². The van der Waals surface area contributed by atoms with Gasteiger partial charge < -0.3 is 5.73 Å². The lowest BCUT2D eigenvalue weighted by atomic mass is 10.0. The van der Waals surface area contributed by atoms with Gasteiger partial charge in [0.2, 0.25) is 0 Å². The third-order valence-electron chi connectivity index (χ3n) is 3.64. The van der Waals surface area contributed by atoms with Gasteiger partial charge in [0, 0.05) is 20.3 Å². The number of rotatable bonds is 9. The van der Waals surface area contributed by atoms with Crippen molar-refractivity contribution < 1.29 is 0 Å².